The SMILES string of the molecule is CC(Oc1ccc2c(c1)c(/C=C(\F)Br)nn2C1CCCCO1)c1ccc(F)cc1Cl. The maximum atomic E-state index is 13.6. The molecule has 30 heavy (non-hydrogen) atoms. The first kappa shape index (κ1) is 21.3. The Kier molecular flexibility index (Phi) is 6.41. The van der Waals surface area contributed by atoms with Crippen molar-refractivity contribution in [2.45, 2.75) is 38.5 Å². The predicted molar refractivity (Wildman–Crippen MR) is 117 cm³/mol. The molecule has 2 atom stereocenters. The Morgan fingerprint density at radius 3 is 2.87 bits per heavy atom. The normalized spacial score (nSPS) is 18.6. The smallest absolute Gasteiger partial charge is 0.167 e. The van der Waals surface area contributed by atoms with Gasteiger partial charge >= 0.3 is 0 Å². The maximum absolute atomic E-state index is 13.6. The van der Waals surface area contributed by atoms with E-state index in [0.29, 0.717) is 28.6 Å². The number of ether oxygens (including phenoxy) is 2. The highest BCUT2D eigenvalue weighted by Crippen LogP contribution is 2.34. The molecule has 0 saturated carbocycles. The fourth-order valence-electron chi connectivity index (χ4n) is 3.66. The van der Waals surface area contributed by atoms with Gasteiger partial charge in [-0.1, -0.05) is 17.7 Å². The fraction of sp³-hybridized carbons (Fsp3) is 0.318. The molecule has 1 fully saturated rings. The second-order valence-corrected chi connectivity index (χ2v) is 8.35. The summed E-state index contributed by atoms with van der Waals surface area (Å²) >= 11 is 9.00. The second kappa shape index (κ2) is 9.04. The van der Waals surface area contributed by atoms with Gasteiger partial charge in [0, 0.05) is 23.6 Å². The van der Waals surface area contributed by atoms with E-state index in [2.05, 4.69) is 21.0 Å². The molecular formula is C22H20BrClF2N2O2. The lowest BCUT2D eigenvalue weighted by Gasteiger charge is -2.23. The number of nitrogens with zero attached hydrogens (tertiary/aromatic N) is 2. The third kappa shape index (κ3) is 4.53. The average molecular weight is 498 g/mol. The third-order valence-electron chi connectivity index (χ3n) is 5.09. The number of rotatable bonds is 5. The molecule has 1 saturated heterocycles. The molecule has 3 aromatic rings. The van der Waals surface area contributed by atoms with Gasteiger partial charge in [-0.15, -0.1) is 0 Å². The number of hydrogen-bond donors (Lipinski definition) is 0. The zero-order valence-corrected chi connectivity index (χ0v) is 18.6. The Labute approximate surface area is 186 Å². The molecule has 2 unspecified atom stereocenters. The van der Waals surface area contributed by atoms with E-state index < -0.39 is 16.7 Å². The number of hydrogen-bond acceptors (Lipinski definition) is 3. The monoisotopic (exact) mass is 496 g/mol. The van der Waals surface area contributed by atoms with Crippen LogP contribution in [0.5, 0.6) is 5.75 Å². The van der Waals surface area contributed by atoms with Crippen LogP contribution in [0.4, 0.5) is 8.78 Å². The lowest BCUT2D eigenvalue weighted by molar-refractivity contribution is -0.0367. The molecule has 0 radical (unpaired) electrons. The summed E-state index contributed by atoms with van der Waals surface area (Å²) in [5.74, 6) is 0.173. The van der Waals surface area contributed by atoms with E-state index in [1.54, 1.807) is 10.7 Å². The van der Waals surface area contributed by atoms with Crippen molar-refractivity contribution in [2.24, 2.45) is 0 Å². The van der Waals surface area contributed by atoms with Crippen LogP contribution in [0.25, 0.3) is 17.0 Å². The third-order valence-corrected chi connectivity index (χ3v) is 5.65. The van der Waals surface area contributed by atoms with Gasteiger partial charge in [-0.05, 0) is 72.4 Å². The lowest BCUT2D eigenvalue weighted by Crippen LogP contribution is -2.19. The van der Waals surface area contributed by atoms with Crippen molar-refractivity contribution in [1.29, 1.82) is 0 Å². The summed E-state index contributed by atoms with van der Waals surface area (Å²) in [7, 11) is 0. The van der Waals surface area contributed by atoms with Gasteiger partial charge < -0.3 is 9.47 Å². The molecule has 8 heteroatoms. The van der Waals surface area contributed by atoms with Crippen LogP contribution in [0, 0.1) is 5.82 Å². The molecular weight excluding hydrogens is 478 g/mol. The molecule has 0 bridgehead atoms. The maximum Gasteiger partial charge on any atom is 0.167 e. The van der Waals surface area contributed by atoms with Gasteiger partial charge in [0.05, 0.1) is 16.2 Å². The molecule has 1 aliphatic heterocycles. The van der Waals surface area contributed by atoms with Crippen LogP contribution < -0.4 is 4.74 Å². The van der Waals surface area contributed by atoms with Crippen molar-refractivity contribution in [3.63, 3.8) is 0 Å². The number of benzene rings is 2. The average Bonchev–Trinajstić information content (AvgIpc) is 3.05. The van der Waals surface area contributed by atoms with E-state index in [1.165, 1.54) is 18.2 Å². The first-order valence-electron chi connectivity index (χ1n) is 9.70. The van der Waals surface area contributed by atoms with E-state index in [4.69, 9.17) is 21.1 Å². The molecule has 158 valence electrons. The van der Waals surface area contributed by atoms with E-state index in [9.17, 15) is 8.78 Å². The van der Waals surface area contributed by atoms with Gasteiger partial charge in [-0.2, -0.15) is 9.49 Å². The van der Waals surface area contributed by atoms with Crippen LogP contribution in [-0.2, 0) is 4.74 Å². The van der Waals surface area contributed by atoms with E-state index >= 15 is 0 Å². The largest absolute Gasteiger partial charge is 0.486 e. The Morgan fingerprint density at radius 2 is 2.17 bits per heavy atom. The van der Waals surface area contributed by atoms with E-state index in [0.717, 1.165) is 30.2 Å². The van der Waals surface area contributed by atoms with Gasteiger partial charge in [-0.3, -0.25) is 0 Å². The number of halogens is 4. The highest BCUT2D eigenvalue weighted by molar-refractivity contribution is 9.11. The second-order valence-electron chi connectivity index (χ2n) is 7.19. The summed E-state index contributed by atoms with van der Waals surface area (Å²) in [4.78, 5) is 0. The van der Waals surface area contributed by atoms with Gasteiger partial charge in [-0.25, -0.2) is 9.07 Å². The molecule has 4 rings (SSSR count). The lowest BCUT2D eigenvalue weighted by atomic mass is 10.1. The Bertz CT molecular complexity index is 1090. The molecule has 1 aliphatic rings. The quantitative estimate of drug-likeness (QED) is 0.370. The van der Waals surface area contributed by atoms with Crippen molar-refractivity contribution in [1.82, 2.24) is 9.78 Å². The number of aromatic nitrogens is 2. The van der Waals surface area contributed by atoms with Crippen LogP contribution in [0.15, 0.2) is 41.1 Å². The van der Waals surface area contributed by atoms with Gasteiger partial charge in [0.25, 0.3) is 0 Å². The van der Waals surface area contributed by atoms with Crippen LogP contribution in [0.3, 0.4) is 0 Å². The standard InChI is InChI=1S/C22H20BrClF2N2O2/c1-13(16-7-5-14(25)10-18(16)24)30-15-6-8-20-17(11-15)19(12-21(23)26)27-28(20)22-4-2-3-9-29-22/h5-8,10-13,22H,2-4,9H2,1H3/b21-12-. The Hall–Kier alpha value is -1.96. The first-order chi connectivity index (χ1) is 14.4. The van der Waals surface area contributed by atoms with E-state index in [-0.39, 0.29) is 6.23 Å². The molecule has 2 aromatic carbocycles. The van der Waals surface area contributed by atoms with Crippen molar-refractivity contribution in [3.8, 4) is 5.75 Å². The van der Waals surface area contributed by atoms with Crippen molar-refractivity contribution >= 4 is 44.5 Å². The molecule has 0 spiro atoms. The van der Waals surface area contributed by atoms with E-state index in [1.807, 2.05) is 25.1 Å². The first-order valence-corrected chi connectivity index (χ1v) is 10.9. The zero-order valence-electron chi connectivity index (χ0n) is 16.2. The minimum absolute atomic E-state index is 0.175. The van der Waals surface area contributed by atoms with Gasteiger partial charge in [0.2, 0.25) is 0 Å². The molecule has 0 N–H and O–H groups in total. The highest BCUT2D eigenvalue weighted by atomic mass is 79.9. The summed E-state index contributed by atoms with van der Waals surface area (Å²) in [6.45, 7) is 2.52. The van der Waals surface area contributed by atoms with Crippen LogP contribution in [0.2, 0.25) is 5.02 Å². The summed E-state index contributed by atoms with van der Waals surface area (Å²) < 4.78 is 40.1. The Morgan fingerprint density at radius 1 is 1.33 bits per heavy atom. The summed E-state index contributed by atoms with van der Waals surface area (Å²) in [6.07, 6.45) is 3.69. The Balaban J connectivity index is 1.69. The summed E-state index contributed by atoms with van der Waals surface area (Å²) in [5.41, 5.74) is 1.99. The minimum Gasteiger partial charge on any atom is -0.486 e. The fourth-order valence-corrected chi connectivity index (χ4v) is 4.20. The predicted octanol–water partition coefficient (Wildman–Crippen LogP) is 7.33. The minimum atomic E-state index is -0.517. The van der Waals surface area contributed by atoms with Crippen molar-refractivity contribution in [2.75, 3.05) is 6.61 Å². The molecule has 0 aliphatic carbocycles. The van der Waals surface area contributed by atoms with Crippen LogP contribution >= 0.6 is 27.5 Å². The van der Waals surface area contributed by atoms with Crippen LogP contribution in [0.1, 0.15) is 49.8 Å². The van der Waals surface area contributed by atoms with Gasteiger partial charge in [0.15, 0.2) is 11.0 Å². The number of fused-ring (bicyclic) bond motifs is 1. The topological polar surface area (TPSA) is 36.3 Å². The molecule has 0 amide bonds. The van der Waals surface area contributed by atoms with Crippen molar-refractivity contribution in [3.05, 3.63) is 63.2 Å². The molecule has 1 aromatic heterocycles. The zero-order chi connectivity index (χ0) is 21.3. The molecule has 2 heterocycles. The van der Waals surface area contributed by atoms with Gasteiger partial charge in [0.1, 0.15) is 17.7 Å². The molecule has 4 nitrogen and oxygen atoms in total. The van der Waals surface area contributed by atoms with Crippen LogP contribution in [-0.4, -0.2) is 16.4 Å². The highest BCUT2D eigenvalue weighted by Gasteiger charge is 2.21. The summed E-state index contributed by atoms with van der Waals surface area (Å²) in [5, 5.41) is 5.63. The van der Waals surface area contributed by atoms with Crippen molar-refractivity contribution < 1.29 is 18.3 Å². The summed E-state index contributed by atoms with van der Waals surface area (Å²) in [6, 6.07) is 9.74.